The van der Waals surface area contributed by atoms with Gasteiger partial charge in [0.05, 0.1) is 11.9 Å². The highest BCUT2D eigenvalue weighted by Crippen LogP contribution is 2.52. The Balaban J connectivity index is 1.78. The number of hydrogen-bond acceptors (Lipinski definition) is 5. The number of carbonyl (C=O) groups is 2. The fourth-order valence-corrected chi connectivity index (χ4v) is 6.73. The molecule has 1 N–H and O–H groups in total. The average molecular weight is 435 g/mol. The molecule has 0 aromatic heterocycles. The first-order valence-electron chi connectivity index (χ1n) is 11.5. The Kier molecular flexibility index (Phi) is 7.55. The van der Waals surface area contributed by atoms with E-state index in [2.05, 4.69) is 12.7 Å². The standard InChI is InChI=1S/C25H38O4S/c1-5-24(4)15-21(29-22(27)16-30-20-9-7-6-8-10-20)17(2)13-25(18(3)23(24)28)12-11-19(26)14-25/h5,13,18,20-21,23,28H,1,6-12,14-16H2,2-4H3/b17-13-/t18-,21+,23?,24+,25?/m0/s1. The third-order valence-corrected chi connectivity index (χ3v) is 9.17. The van der Waals surface area contributed by atoms with Crippen LogP contribution < -0.4 is 0 Å². The summed E-state index contributed by atoms with van der Waals surface area (Å²) in [7, 11) is 0. The minimum atomic E-state index is -0.650. The van der Waals surface area contributed by atoms with Gasteiger partial charge in [-0.1, -0.05) is 45.3 Å². The van der Waals surface area contributed by atoms with Gasteiger partial charge in [-0.25, -0.2) is 0 Å². The van der Waals surface area contributed by atoms with Gasteiger partial charge >= 0.3 is 5.97 Å². The highest BCUT2D eigenvalue weighted by Gasteiger charge is 2.50. The molecule has 0 aliphatic heterocycles. The van der Waals surface area contributed by atoms with Crippen LogP contribution in [-0.4, -0.2) is 40.1 Å². The maximum absolute atomic E-state index is 12.7. The molecule has 3 rings (SSSR count). The van der Waals surface area contributed by atoms with Crippen LogP contribution in [0.2, 0.25) is 0 Å². The van der Waals surface area contributed by atoms with Crippen molar-refractivity contribution in [3.8, 4) is 0 Å². The fourth-order valence-electron chi connectivity index (χ4n) is 5.62. The summed E-state index contributed by atoms with van der Waals surface area (Å²) < 4.78 is 5.97. The van der Waals surface area contributed by atoms with Crippen LogP contribution in [0.5, 0.6) is 0 Å². The zero-order valence-electron chi connectivity index (χ0n) is 18.8. The molecule has 0 radical (unpaired) electrons. The van der Waals surface area contributed by atoms with Gasteiger partial charge in [0, 0.05) is 28.9 Å². The van der Waals surface area contributed by atoms with Crippen molar-refractivity contribution in [1.82, 2.24) is 0 Å². The van der Waals surface area contributed by atoms with Crippen LogP contribution in [0.15, 0.2) is 24.3 Å². The maximum atomic E-state index is 12.7. The number of Topliss-reactive ketones (excluding diaryl/α,β-unsaturated/α-hetero) is 1. The van der Waals surface area contributed by atoms with Crippen LogP contribution in [0.3, 0.4) is 0 Å². The van der Waals surface area contributed by atoms with Gasteiger partial charge in [0.2, 0.25) is 0 Å². The predicted molar refractivity (Wildman–Crippen MR) is 122 cm³/mol. The number of carbonyl (C=O) groups excluding carboxylic acids is 2. The molecule has 0 saturated heterocycles. The van der Waals surface area contributed by atoms with Gasteiger partial charge in [-0.3, -0.25) is 9.59 Å². The second-order valence-electron chi connectivity index (χ2n) is 10.0. The molecule has 3 aliphatic rings. The Hall–Kier alpha value is -1.07. The minimum Gasteiger partial charge on any atom is -0.457 e. The summed E-state index contributed by atoms with van der Waals surface area (Å²) in [4.78, 5) is 24.9. The number of aliphatic hydroxyl groups is 1. The van der Waals surface area contributed by atoms with Crippen molar-refractivity contribution in [2.75, 3.05) is 5.75 Å². The molecule has 2 unspecified atom stereocenters. The molecule has 0 aromatic rings. The van der Waals surface area contributed by atoms with Gasteiger partial charge in [-0.15, -0.1) is 18.3 Å². The van der Waals surface area contributed by atoms with Crippen LogP contribution in [0.1, 0.15) is 78.6 Å². The summed E-state index contributed by atoms with van der Waals surface area (Å²) in [5.74, 6) is 0.369. The summed E-state index contributed by atoms with van der Waals surface area (Å²) in [6.07, 6.45) is 11.3. The monoisotopic (exact) mass is 434 g/mol. The first-order valence-corrected chi connectivity index (χ1v) is 12.6. The van der Waals surface area contributed by atoms with E-state index in [0.29, 0.717) is 30.3 Å². The molecule has 168 valence electrons. The van der Waals surface area contributed by atoms with E-state index in [9.17, 15) is 14.7 Å². The van der Waals surface area contributed by atoms with Gasteiger partial charge in [0.15, 0.2) is 0 Å². The van der Waals surface area contributed by atoms with E-state index in [1.54, 1.807) is 17.8 Å². The smallest absolute Gasteiger partial charge is 0.316 e. The van der Waals surface area contributed by atoms with Crippen molar-refractivity contribution in [2.45, 2.75) is 96.0 Å². The normalized spacial score (nSPS) is 39.8. The molecule has 3 aliphatic carbocycles. The zero-order valence-corrected chi connectivity index (χ0v) is 19.6. The second-order valence-corrected chi connectivity index (χ2v) is 11.3. The summed E-state index contributed by atoms with van der Waals surface area (Å²) in [5.41, 5.74) is 0.0366. The number of esters is 1. The third kappa shape index (κ3) is 5.04. The van der Waals surface area contributed by atoms with E-state index in [0.717, 1.165) is 12.0 Å². The third-order valence-electron chi connectivity index (χ3n) is 7.83. The van der Waals surface area contributed by atoms with Crippen LogP contribution in [0, 0.1) is 16.7 Å². The van der Waals surface area contributed by atoms with Gasteiger partial charge < -0.3 is 9.84 Å². The molecule has 4 nitrogen and oxygen atoms in total. The van der Waals surface area contributed by atoms with Gasteiger partial charge in [-0.2, -0.15) is 0 Å². The van der Waals surface area contributed by atoms with Crippen LogP contribution >= 0.6 is 11.8 Å². The van der Waals surface area contributed by atoms with E-state index < -0.39 is 17.6 Å². The van der Waals surface area contributed by atoms with Crippen molar-refractivity contribution >= 4 is 23.5 Å². The van der Waals surface area contributed by atoms with E-state index in [1.165, 1.54) is 32.1 Å². The quantitative estimate of drug-likeness (QED) is 0.473. The Morgan fingerprint density at radius 1 is 1.37 bits per heavy atom. The van der Waals surface area contributed by atoms with Crippen LogP contribution in [-0.2, 0) is 14.3 Å². The topological polar surface area (TPSA) is 63.6 Å². The molecule has 30 heavy (non-hydrogen) atoms. The lowest BCUT2D eigenvalue weighted by Crippen LogP contribution is -2.47. The summed E-state index contributed by atoms with van der Waals surface area (Å²) in [5, 5.41) is 11.8. The number of allylic oxidation sites excluding steroid dienone is 1. The Morgan fingerprint density at radius 3 is 2.67 bits per heavy atom. The predicted octanol–water partition coefficient (Wildman–Crippen LogP) is 5.24. The highest BCUT2D eigenvalue weighted by molar-refractivity contribution is 8.00. The molecular weight excluding hydrogens is 396 g/mol. The molecule has 0 bridgehead atoms. The molecular formula is C25H38O4S. The SMILES string of the molecule is C=C[C@]1(C)C[C@@H](OC(=O)CSC2CCCCC2)/C(C)=C\C2(CCC(=O)C2)[C@@H](C)C1O. The lowest BCUT2D eigenvalue weighted by Gasteiger charge is -2.46. The van der Waals surface area contributed by atoms with Gasteiger partial charge in [0.25, 0.3) is 0 Å². The van der Waals surface area contributed by atoms with Crippen molar-refractivity contribution in [3.05, 3.63) is 24.3 Å². The first kappa shape index (κ1) is 23.6. The van der Waals surface area contributed by atoms with Crippen molar-refractivity contribution in [1.29, 1.82) is 0 Å². The summed E-state index contributed by atoms with van der Waals surface area (Å²) in [6, 6.07) is 0. The Morgan fingerprint density at radius 2 is 2.07 bits per heavy atom. The molecule has 5 atom stereocenters. The minimum absolute atomic E-state index is 0.0691. The first-order chi connectivity index (χ1) is 14.2. The van der Waals surface area contributed by atoms with Crippen LogP contribution in [0.25, 0.3) is 0 Å². The summed E-state index contributed by atoms with van der Waals surface area (Å²) in [6.45, 7) is 10.0. The molecule has 0 heterocycles. The van der Waals surface area contributed by atoms with Crippen molar-refractivity contribution in [2.24, 2.45) is 16.7 Å². The Bertz CT molecular complexity index is 695. The van der Waals surface area contributed by atoms with Gasteiger partial charge in [-0.05, 0) is 44.1 Å². The van der Waals surface area contributed by atoms with Crippen molar-refractivity contribution in [3.63, 3.8) is 0 Å². The lowest BCUT2D eigenvalue weighted by atomic mass is 9.61. The largest absolute Gasteiger partial charge is 0.457 e. The average Bonchev–Trinajstić information content (AvgIpc) is 3.12. The second kappa shape index (κ2) is 9.60. The molecule has 0 aromatic carbocycles. The Labute approximate surface area is 185 Å². The molecule has 2 saturated carbocycles. The van der Waals surface area contributed by atoms with Crippen LogP contribution in [0.4, 0.5) is 0 Å². The molecule has 1 spiro atoms. The van der Waals surface area contributed by atoms with Crippen molar-refractivity contribution < 1.29 is 19.4 Å². The summed E-state index contributed by atoms with van der Waals surface area (Å²) >= 11 is 1.72. The highest BCUT2D eigenvalue weighted by atomic mass is 32.2. The number of rotatable bonds is 5. The molecule has 0 amide bonds. The number of ketones is 1. The number of ether oxygens (including phenoxy) is 1. The lowest BCUT2D eigenvalue weighted by molar-refractivity contribution is -0.147. The number of thioether (sulfide) groups is 1. The molecule has 5 heteroatoms. The van der Waals surface area contributed by atoms with E-state index in [4.69, 9.17) is 4.74 Å². The number of aliphatic hydroxyl groups excluding tert-OH is 1. The number of hydrogen-bond donors (Lipinski definition) is 1. The van der Waals surface area contributed by atoms with E-state index in [-0.39, 0.29) is 23.1 Å². The zero-order chi connectivity index (χ0) is 21.9. The molecule has 2 fully saturated rings. The fraction of sp³-hybridized carbons (Fsp3) is 0.760. The van der Waals surface area contributed by atoms with E-state index >= 15 is 0 Å². The maximum Gasteiger partial charge on any atom is 0.316 e. The van der Waals surface area contributed by atoms with E-state index in [1.807, 2.05) is 20.8 Å². The van der Waals surface area contributed by atoms with Gasteiger partial charge in [0.1, 0.15) is 11.9 Å².